The van der Waals surface area contributed by atoms with Crippen molar-refractivity contribution < 1.29 is 4.39 Å². The summed E-state index contributed by atoms with van der Waals surface area (Å²) in [5, 5.41) is 18.9. The average Bonchev–Trinajstić information content (AvgIpc) is 3.22. The smallest absolute Gasteiger partial charge is 0.229 e. The molecule has 1 aliphatic heterocycles. The first kappa shape index (κ1) is 17.1. The summed E-state index contributed by atoms with van der Waals surface area (Å²) in [4.78, 5) is 10.4. The minimum atomic E-state index is -0.488. The monoisotopic (exact) mass is 344 g/mol. The summed E-state index contributed by atoms with van der Waals surface area (Å²) in [6.07, 6.45) is 7.22. The molecule has 0 amide bonds. The Bertz CT molecular complexity index is 753. The molecule has 0 radical (unpaired) electrons. The Morgan fingerprint density at radius 2 is 2.32 bits per heavy atom. The molecule has 1 aliphatic rings. The van der Waals surface area contributed by atoms with Crippen LogP contribution in [0.25, 0.3) is 0 Å². The third-order valence-electron chi connectivity index (χ3n) is 4.22. The van der Waals surface area contributed by atoms with Gasteiger partial charge in [0.2, 0.25) is 5.95 Å². The van der Waals surface area contributed by atoms with E-state index in [0.717, 1.165) is 37.8 Å². The van der Waals surface area contributed by atoms with Crippen molar-refractivity contribution in [3.8, 4) is 6.07 Å². The van der Waals surface area contributed by atoms with Crippen molar-refractivity contribution in [3.63, 3.8) is 0 Å². The molecule has 0 spiro atoms. The van der Waals surface area contributed by atoms with E-state index in [0.29, 0.717) is 18.9 Å². The molecule has 9 heteroatoms. The van der Waals surface area contributed by atoms with Gasteiger partial charge in [-0.25, -0.2) is 9.37 Å². The first-order valence-electron chi connectivity index (χ1n) is 8.29. The minimum absolute atomic E-state index is 0.175. The Balaban J connectivity index is 1.62. The predicted octanol–water partition coefficient (Wildman–Crippen LogP) is 1.88. The van der Waals surface area contributed by atoms with Gasteiger partial charge in [-0.3, -0.25) is 9.58 Å². The van der Waals surface area contributed by atoms with E-state index in [1.165, 1.54) is 0 Å². The zero-order valence-corrected chi connectivity index (χ0v) is 14.1. The lowest BCUT2D eigenvalue weighted by Crippen LogP contribution is -2.35. The summed E-state index contributed by atoms with van der Waals surface area (Å²) in [6.45, 7) is 2.32. The van der Waals surface area contributed by atoms with Crippen molar-refractivity contribution in [1.82, 2.24) is 24.6 Å². The van der Waals surface area contributed by atoms with E-state index in [9.17, 15) is 4.39 Å². The number of nitriles is 1. The van der Waals surface area contributed by atoms with Crippen LogP contribution in [0.1, 0.15) is 19.3 Å². The van der Waals surface area contributed by atoms with Crippen molar-refractivity contribution in [3.05, 3.63) is 24.4 Å². The maximum absolute atomic E-state index is 14.0. The van der Waals surface area contributed by atoms with Gasteiger partial charge in [0.15, 0.2) is 11.6 Å². The molecule has 25 heavy (non-hydrogen) atoms. The molecule has 0 bridgehead atoms. The van der Waals surface area contributed by atoms with Crippen molar-refractivity contribution in [2.24, 2.45) is 7.05 Å². The van der Waals surface area contributed by atoms with Gasteiger partial charge in [0.25, 0.3) is 0 Å². The van der Waals surface area contributed by atoms with Gasteiger partial charge in [-0.2, -0.15) is 15.3 Å². The lowest BCUT2D eigenvalue weighted by Gasteiger charge is -2.23. The SMILES string of the molecule is Cn1cc(Nc2ncc(F)c(NCC3CCCN3CCC#N)n2)cn1. The molecule has 132 valence electrons. The average molecular weight is 344 g/mol. The molecule has 2 aromatic heterocycles. The zero-order chi connectivity index (χ0) is 17.6. The summed E-state index contributed by atoms with van der Waals surface area (Å²) in [5.74, 6) is -0.00325. The van der Waals surface area contributed by atoms with Crippen molar-refractivity contribution in [2.45, 2.75) is 25.3 Å². The van der Waals surface area contributed by atoms with Gasteiger partial charge in [0.05, 0.1) is 24.2 Å². The van der Waals surface area contributed by atoms with Crippen LogP contribution in [0, 0.1) is 17.1 Å². The molecule has 0 aromatic carbocycles. The summed E-state index contributed by atoms with van der Waals surface area (Å²) in [7, 11) is 1.81. The van der Waals surface area contributed by atoms with E-state index in [1.807, 2.05) is 7.05 Å². The van der Waals surface area contributed by atoms with Crippen LogP contribution in [-0.4, -0.2) is 50.3 Å². The number of nitrogens with zero attached hydrogens (tertiary/aromatic N) is 6. The molecule has 1 saturated heterocycles. The highest BCUT2D eigenvalue weighted by Crippen LogP contribution is 2.20. The van der Waals surface area contributed by atoms with Crippen molar-refractivity contribution in [2.75, 3.05) is 30.3 Å². The summed E-state index contributed by atoms with van der Waals surface area (Å²) < 4.78 is 15.7. The molecule has 2 aromatic rings. The quantitative estimate of drug-likeness (QED) is 0.792. The third kappa shape index (κ3) is 4.42. The number of nitrogens with one attached hydrogen (secondary N) is 2. The Kier molecular flexibility index (Phi) is 5.40. The second kappa shape index (κ2) is 7.90. The van der Waals surface area contributed by atoms with Crippen LogP contribution in [0.3, 0.4) is 0 Å². The number of halogens is 1. The second-order valence-corrected chi connectivity index (χ2v) is 6.04. The summed E-state index contributed by atoms with van der Waals surface area (Å²) in [6, 6.07) is 2.46. The normalized spacial score (nSPS) is 17.4. The molecule has 2 N–H and O–H groups in total. The molecule has 0 saturated carbocycles. The van der Waals surface area contributed by atoms with E-state index in [1.54, 1.807) is 17.1 Å². The second-order valence-electron chi connectivity index (χ2n) is 6.04. The fourth-order valence-corrected chi connectivity index (χ4v) is 2.99. The van der Waals surface area contributed by atoms with Crippen LogP contribution >= 0.6 is 0 Å². The number of hydrogen-bond donors (Lipinski definition) is 2. The zero-order valence-electron chi connectivity index (χ0n) is 14.1. The topological polar surface area (TPSA) is 94.7 Å². The minimum Gasteiger partial charge on any atom is -0.366 e. The maximum atomic E-state index is 14.0. The van der Waals surface area contributed by atoms with Gasteiger partial charge in [-0.15, -0.1) is 0 Å². The first-order valence-corrected chi connectivity index (χ1v) is 8.29. The number of anilines is 3. The standard InChI is InChI=1S/C16H21FN8/c1-24-11-12(8-21-24)22-16-20-10-14(17)15(23-16)19-9-13-4-2-6-25(13)7-3-5-18/h8,10-11,13H,2-4,6-7,9H2,1H3,(H2,19,20,22,23). The Hall–Kier alpha value is -2.73. The van der Waals surface area contributed by atoms with Crippen molar-refractivity contribution >= 4 is 17.5 Å². The van der Waals surface area contributed by atoms with Crippen LogP contribution in [-0.2, 0) is 7.05 Å². The lowest BCUT2D eigenvalue weighted by molar-refractivity contribution is 0.268. The number of hydrogen-bond acceptors (Lipinski definition) is 7. The molecule has 1 unspecified atom stereocenters. The fourth-order valence-electron chi connectivity index (χ4n) is 2.99. The van der Waals surface area contributed by atoms with Crippen LogP contribution in [0.4, 0.5) is 21.8 Å². The highest BCUT2D eigenvalue weighted by molar-refractivity contribution is 5.52. The van der Waals surface area contributed by atoms with Crippen LogP contribution in [0.15, 0.2) is 18.6 Å². The van der Waals surface area contributed by atoms with Gasteiger partial charge in [0, 0.05) is 38.8 Å². The van der Waals surface area contributed by atoms with E-state index in [2.05, 4.69) is 36.7 Å². The highest BCUT2D eigenvalue weighted by atomic mass is 19.1. The fraction of sp³-hybridized carbons (Fsp3) is 0.500. The van der Waals surface area contributed by atoms with Crippen LogP contribution in [0.2, 0.25) is 0 Å². The van der Waals surface area contributed by atoms with E-state index in [4.69, 9.17) is 5.26 Å². The molecular weight excluding hydrogens is 323 g/mol. The largest absolute Gasteiger partial charge is 0.366 e. The number of aromatic nitrogens is 4. The molecule has 1 atom stereocenters. The Morgan fingerprint density at radius 3 is 3.08 bits per heavy atom. The molecule has 1 fully saturated rings. The third-order valence-corrected chi connectivity index (χ3v) is 4.22. The summed E-state index contributed by atoms with van der Waals surface area (Å²) >= 11 is 0. The lowest BCUT2D eigenvalue weighted by atomic mass is 10.2. The molecule has 8 nitrogen and oxygen atoms in total. The van der Waals surface area contributed by atoms with Gasteiger partial charge < -0.3 is 10.6 Å². The van der Waals surface area contributed by atoms with Crippen LogP contribution < -0.4 is 10.6 Å². The summed E-state index contributed by atoms with van der Waals surface area (Å²) in [5.41, 5.74) is 0.735. The van der Waals surface area contributed by atoms with Crippen LogP contribution in [0.5, 0.6) is 0 Å². The van der Waals surface area contributed by atoms with Gasteiger partial charge in [0.1, 0.15) is 0 Å². The van der Waals surface area contributed by atoms with Gasteiger partial charge in [-0.05, 0) is 19.4 Å². The number of rotatable bonds is 7. The van der Waals surface area contributed by atoms with E-state index < -0.39 is 5.82 Å². The van der Waals surface area contributed by atoms with Crippen molar-refractivity contribution in [1.29, 1.82) is 5.26 Å². The van der Waals surface area contributed by atoms with E-state index >= 15 is 0 Å². The number of likely N-dealkylation sites (tertiary alicyclic amines) is 1. The predicted molar refractivity (Wildman–Crippen MR) is 91.8 cm³/mol. The molecule has 0 aliphatic carbocycles. The number of aryl methyl sites for hydroxylation is 1. The van der Waals surface area contributed by atoms with Gasteiger partial charge >= 0.3 is 0 Å². The Morgan fingerprint density at radius 1 is 1.44 bits per heavy atom. The molecular formula is C16H21FN8. The maximum Gasteiger partial charge on any atom is 0.229 e. The highest BCUT2D eigenvalue weighted by Gasteiger charge is 2.24. The Labute approximate surface area is 145 Å². The molecule has 3 rings (SSSR count). The van der Waals surface area contributed by atoms with Gasteiger partial charge in [-0.1, -0.05) is 0 Å². The molecule has 3 heterocycles. The first-order chi connectivity index (χ1) is 12.2. The van der Waals surface area contributed by atoms with E-state index in [-0.39, 0.29) is 11.9 Å².